The molecule has 0 aromatic heterocycles. The normalized spacial score (nSPS) is 12.9. The Morgan fingerprint density at radius 2 is 1.65 bits per heavy atom. The second kappa shape index (κ2) is 7.09. The van der Waals surface area contributed by atoms with Crippen LogP contribution in [0.15, 0.2) is 42.5 Å². The summed E-state index contributed by atoms with van der Waals surface area (Å²) in [7, 11) is 0. The average molecular weight is 371 g/mol. The number of halogens is 1. The predicted octanol–water partition coefficient (Wildman–Crippen LogP) is 3.17. The van der Waals surface area contributed by atoms with E-state index in [2.05, 4.69) is 5.32 Å². The van der Waals surface area contributed by atoms with Gasteiger partial charge < -0.3 is 5.32 Å². The van der Waals surface area contributed by atoms with Crippen LogP contribution in [0, 0.1) is 0 Å². The molecule has 7 heteroatoms. The quantitative estimate of drug-likeness (QED) is 0.647. The van der Waals surface area contributed by atoms with E-state index in [4.69, 9.17) is 11.6 Å². The first kappa shape index (κ1) is 17.8. The topological polar surface area (TPSA) is 83.6 Å². The van der Waals surface area contributed by atoms with E-state index >= 15 is 0 Å². The summed E-state index contributed by atoms with van der Waals surface area (Å²) in [5, 5.41) is 3.04. The minimum atomic E-state index is -0.453. The number of benzene rings is 2. The van der Waals surface area contributed by atoms with E-state index in [0.717, 1.165) is 4.90 Å². The molecule has 2 aromatic rings. The smallest absolute Gasteiger partial charge is 0.261 e. The van der Waals surface area contributed by atoms with Crippen molar-refractivity contribution in [2.75, 3.05) is 11.9 Å². The van der Waals surface area contributed by atoms with Crippen molar-refractivity contribution in [3.63, 3.8) is 0 Å². The number of carbonyl (C=O) groups is 4. The number of hydrogen-bond donors (Lipinski definition) is 1. The zero-order valence-corrected chi connectivity index (χ0v) is 14.7. The number of nitrogens with zero attached hydrogens (tertiary/aromatic N) is 1. The summed E-state index contributed by atoms with van der Waals surface area (Å²) in [5.41, 5.74) is 1.63. The number of fused-ring (bicyclic) bond motifs is 1. The van der Waals surface area contributed by atoms with Crippen molar-refractivity contribution in [1.29, 1.82) is 0 Å². The van der Waals surface area contributed by atoms with Crippen LogP contribution in [0.2, 0.25) is 5.02 Å². The number of nitrogens with one attached hydrogen (secondary N) is 1. The molecule has 0 fully saturated rings. The number of hydrogen-bond acceptors (Lipinski definition) is 4. The van der Waals surface area contributed by atoms with Gasteiger partial charge in [-0.2, -0.15) is 0 Å². The van der Waals surface area contributed by atoms with Crippen molar-refractivity contribution in [2.45, 2.75) is 13.3 Å². The highest BCUT2D eigenvalue weighted by atomic mass is 35.5. The van der Waals surface area contributed by atoms with Gasteiger partial charge in [0.25, 0.3) is 11.8 Å². The monoisotopic (exact) mass is 370 g/mol. The third-order valence-corrected chi connectivity index (χ3v) is 4.31. The second-order valence-corrected chi connectivity index (χ2v) is 6.32. The number of amides is 3. The highest BCUT2D eigenvalue weighted by Crippen LogP contribution is 2.25. The number of rotatable bonds is 5. The fraction of sp³-hybridized carbons (Fsp3) is 0.158. The molecule has 1 N–H and O–H groups in total. The van der Waals surface area contributed by atoms with Gasteiger partial charge in [-0.1, -0.05) is 11.6 Å². The van der Waals surface area contributed by atoms with Crippen molar-refractivity contribution in [3.05, 3.63) is 64.2 Å². The third-order valence-electron chi connectivity index (χ3n) is 4.07. The van der Waals surface area contributed by atoms with Crippen LogP contribution in [-0.4, -0.2) is 34.9 Å². The first-order chi connectivity index (χ1) is 12.4. The second-order valence-electron chi connectivity index (χ2n) is 5.88. The van der Waals surface area contributed by atoms with Gasteiger partial charge in [0, 0.05) is 29.2 Å². The van der Waals surface area contributed by atoms with Gasteiger partial charge in [-0.25, -0.2) is 0 Å². The van der Waals surface area contributed by atoms with Crippen LogP contribution < -0.4 is 5.32 Å². The molecule has 1 aliphatic heterocycles. The van der Waals surface area contributed by atoms with Gasteiger partial charge in [-0.3, -0.25) is 24.1 Å². The summed E-state index contributed by atoms with van der Waals surface area (Å²) in [6.45, 7) is 1.43. The molecule has 0 spiro atoms. The Labute approximate surface area is 154 Å². The van der Waals surface area contributed by atoms with Gasteiger partial charge in [0.05, 0.1) is 11.1 Å². The molecule has 0 saturated carbocycles. The molecule has 0 atom stereocenters. The molecule has 6 nitrogen and oxygen atoms in total. The van der Waals surface area contributed by atoms with Crippen LogP contribution >= 0.6 is 11.6 Å². The van der Waals surface area contributed by atoms with E-state index in [-0.39, 0.29) is 30.2 Å². The van der Waals surface area contributed by atoms with Gasteiger partial charge in [0.2, 0.25) is 5.91 Å². The van der Waals surface area contributed by atoms with Crippen LogP contribution in [-0.2, 0) is 4.79 Å². The molecule has 3 amide bonds. The maximum absolute atomic E-state index is 12.3. The molecule has 26 heavy (non-hydrogen) atoms. The van der Waals surface area contributed by atoms with E-state index in [9.17, 15) is 19.2 Å². The summed E-state index contributed by atoms with van der Waals surface area (Å²) in [5.74, 6) is -1.28. The van der Waals surface area contributed by atoms with Crippen molar-refractivity contribution >= 4 is 40.8 Å². The Hall–Kier alpha value is -2.99. The maximum atomic E-state index is 12.3. The summed E-state index contributed by atoms with van der Waals surface area (Å²) < 4.78 is 0. The standard InChI is InChI=1S/C19H15ClN2O4/c1-11(23)12-2-5-14(6-3-12)21-17(24)8-9-22-18(25)15-7-4-13(20)10-16(15)19(22)26/h2-7,10H,8-9H2,1H3,(H,21,24). The maximum Gasteiger partial charge on any atom is 0.261 e. The Morgan fingerprint density at radius 1 is 1.00 bits per heavy atom. The minimum absolute atomic E-state index is 0.0265. The number of Topliss-reactive ketones (excluding diaryl/α,β-unsaturated/α-hetero) is 1. The van der Waals surface area contributed by atoms with Crippen molar-refractivity contribution in [1.82, 2.24) is 4.90 Å². The molecular weight excluding hydrogens is 356 g/mol. The molecule has 0 bridgehead atoms. The molecule has 2 aromatic carbocycles. The Balaban J connectivity index is 1.61. The van der Waals surface area contributed by atoms with Crippen LogP contribution in [0.25, 0.3) is 0 Å². The molecule has 0 aliphatic carbocycles. The first-order valence-corrected chi connectivity index (χ1v) is 8.31. The van der Waals surface area contributed by atoms with Crippen LogP contribution in [0.4, 0.5) is 5.69 Å². The number of ketones is 1. The van der Waals surface area contributed by atoms with Crippen molar-refractivity contribution < 1.29 is 19.2 Å². The van der Waals surface area contributed by atoms with E-state index in [0.29, 0.717) is 21.8 Å². The zero-order chi connectivity index (χ0) is 18.8. The van der Waals surface area contributed by atoms with Crippen LogP contribution in [0.3, 0.4) is 0 Å². The van der Waals surface area contributed by atoms with Gasteiger partial charge in [-0.15, -0.1) is 0 Å². The van der Waals surface area contributed by atoms with Crippen LogP contribution in [0.5, 0.6) is 0 Å². The average Bonchev–Trinajstić information content (AvgIpc) is 2.84. The SMILES string of the molecule is CC(=O)c1ccc(NC(=O)CCN2C(=O)c3ccc(Cl)cc3C2=O)cc1. The third kappa shape index (κ3) is 3.50. The Kier molecular flexibility index (Phi) is 4.86. The van der Waals surface area contributed by atoms with E-state index in [1.807, 2.05) is 0 Å². The fourth-order valence-electron chi connectivity index (χ4n) is 2.69. The highest BCUT2D eigenvalue weighted by Gasteiger charge is 2.35. The van der Waals surface area contributed by atoms with Gasteiger partial charge in [0.1, 0.15) is 0 Å². The Morgan fingerprint density at radius 3 is 2.31 bits per heavy atom. The largest absolute Gasteiger partial charge is 0.326 e. The first-order valence-electron chi connectivity index (χ1n) is 7.93. The highest BCUT2D eigenvalue weighted by molar-refractivity contribution is 6.32. The lowest BCUT2D eigenvalue weighted by atomic mass is 10.1. The zero-order valence-electron chi connectivity index (χ0n) is 13.9. The molecular formula is C19H15ClN2O4. The lowest BCUT2D eigenvalue weighted by molar-refractivity contribution is -0.116. The van der Waals surface area contributed by atoms with Gasteiger partial charge in [-0.05, 0) is 49.4 Å². The number of carbonyl (C=O) groups excluding carboxylic acids is 4. The van der Waals surface area contributed by atoms with E-state index in [1.54, 1.807) is 30.3 Å². The number of anilines is 1. The molecule has 132 valence electrons. The van der Waals surface area contributed by atoms with E-state index in [1.165, 1.54) is 19.1 Å². The lowest BCUT2D eigenvalue weighted by Crippen LogP contribution is -2.32. The molecule has 3 rings (SSSR count). The minimum Gasteiger partial charge on any atom is -0.326 e. The van der Waals surface area contributed by atoms with Gasteiger partial charge in [0.15, 0.2) is 5.78 Å². The molecule has 0 unspecified atom stereocenters. The lowest BCUT2D eigenvalue weighted by Gasteiger charge is -2.13. The molecule has 1 heterocycles. The van der Waals surface area contributed by atoms with Crippen molar-refractivity contribution in [3.8, 4) is 0 Å². The van der Waals surface area contributed by atoms with Crippen molar-refractivity contribution in [2.24, 2.45) is 0 Å². The summed E-state index contributed by atoms with van der Waals surface area (Å²) in [6, 6.07) is 11.0. The number of imide groups is 1. The molecule has 0 radical (unpaired) electrons. The molecule has 0 saturated heterocycles. The fourth-order valence-corrected chi connectivity index (χ4v) is 2.86. The molecule has 1 aliphatic rings. The summed E-state index contributed by atoms with van der Waals surface area (Å²) in [6.07, 6.45) is -0.0341. The van der Waals surface area contributed by atoms with Gasteiger partial charge >= 0.3 is 0 Å². The summed E-state index contributed by atoms with van der Waals surface area (Å²) >= 11 is 5.87. The predicted molar refractivity (Wildman–Crippen MR) is 96.5 cm³/mol. The van der Waals surface area contributed by atoms with E-state index < -0.39 is 11.8 Å². The van der Waals surface area contributed by atoms with Crippen LogP contribution in [0.1, 0.15) is 44.4 Å². The Bertz CT molecular complexity index is 922. The summed E-state index contributed by atoms with van der Waals surface area (Å²) in [4.78, 5) is 49.0.